The Morgan fingerprint density at radius 1 is 1.31 bits per heavy atom. The Kier molecular flexibility index (Phi) is 2.08. The van der Waals surface area contributed by atoms with Crippen LogP contribution in [0.1, 0.15) is 12.8 Å². The van der Waals surface area contributed by atoms with E-state index in [0.29, 0.717) is 6.42 Å². The van der Waals surface area contributed by atoms with E-state index in [2.05, 4.69) is 5.32 Å². The topological polar surface area (TPSA) is 93.0 Å². The minimum Gasteiger partial charge on any atom is -0.394 e. The number of rotatable bonds is 1. The maximum atomic E-state index is 9.65. The van der Waals surface area contributed by atoms with Crippen molar-refractivity contribution in [2.75, 3.05) is 6.61 Å². The first-order valence-electron chi connectivity index (χ1n) is 4.52. The molecule has 0 radical (unpaired) electrons. The van der Waals surface area contributed by atoms with E-state index in [1.54, 1.807) is 0 Å². The first-order valence-corrected chi connectivity index (χ1v) is 4.52. The fourth-order valence-electron chi connectivity index (χ4n) is 2.47. The molecule has 0 aromatic carbocycles. The molecule has 2 aliphatic rings. The standard InChI is InChI=1S/C8H15NO4/c10-3-8-2-4(11)1-5(9-8)6(12)7(8)13/h4-7,9-13H,1-3H2/t4-,5+,6-,7-,8+/m1/s1. The fraction of sp³-hybridized carbons (Fsp3) is 1.00. The average Bonchev–Trinajstić information content (AvgIpc) is 2.29. The van der Waals surface area contributed by atoms with E-state index < -0.39 is 23.9 Å². The van der Waals surface area contributed by atoms with Crippen LogP contribution in [0.5, 0.6) is 0 Å². The van der Waals surface area contributed by atoms with Gasteiger partial charge in [0.1, 0.15) is 6.10 Å². The van der Waals surface area contributed by atoms with Crippen LogP contribution in [0.25, 0.3) is 0 Å². The van der Waals surface area contributed by atoms with Gasteiger partial charge in [-0.3, -0.25) is 0 Å². The van der Waals surface area contributed by atoms with Gasteiger partial charge in [-0.15, -0.1) is 0 Å². The van der Waals surface area contributed by atoms with E-state index >= 15 is 0 Å². The van der Waals surface area contributed by atoms with Gasteiger partial charge in [-0.2, -0.15) is 0 Å². The Morgan fingerprint density at radius 2 is 2.00 bits per heavy atom. The molecule has 2 rings (SSSR count). The van der Waals surface area contributed by atoms with Crippen LogP contribution in [0.15, 0.2) is 0 Å². The molecule has 2 heterocycles. The lowest BCUT2D eigenvalue weighted by molar-refractivity contribution is -0.0211. The van der Waals surface area contributed by atoms with E-state index in [4.69, 9.17) is 5.11 Å². The second-order valence-corrected chi connectivity index (χ2v) is 4.09. The Morgan fingerprint density at radius 3 is 2.62 bits per heavy atom. The molecule has 0 aromatic rings. The number of aliphatic hydroxyl groups is 4. The summed E-state index contributed by atoms with van der Waals surface area (Å²) in [4.78, 5) is 0. The normalized spacial score (nSPS) is 55.4. The molecule has 0 unspecified atom stereocenters. The average molecular weight is 189 g/mol. The van der Waals surface area contributed by atoms with Crippen LogP contribution in [0.2, 0.25) is 0 Å². The van der Waals surface area contributed by atoms with Crippen molar-refractivity contribution < 1.29 is 20.4 Å². The number of fused-ring (bicyclic) bond motifs is 2. The van der Waals surface area contributed by atoms with Crippen LogP contribution in [0.3, 0.4) is 0 Å². The largest absolute Gasteiger partial charge is 0.394 e. The smallest absolute Gasteiger partial charge is 0.102 e. The summed E-state index contributed by atoms with van der Waals surface area (Å²) in [6.07, 6.45) is -1.70. The van der Waals surface area contributed by atoms with Crippen molar-refractivity contribution in [1.82, 2.24) is 5.32 Å². The van der Waals surface area contributed by atoms with Crippen LogP contribution in [-0.2, 0) is 0 Å². The van der Waals surface area contributed by atoms with Crippen LogP contribution in [0, 0.1) is 0 Å². The molecule has 0 aromatic heterocycles. The molecule has 2 saturated heterocycles. The zero-order valence-corrected chi connectivity index (χ0v) is 7.22. The molecule has 5 nitrogen and oxygen atoms in total. The van der Waals surface area contributed by atoms with Crippen LogP contribution >= 0.6 is 0 Å². The van der Waals surface area contributed by atoms with Gasteiger partial charge in [0.15, 0.2) is 0 Å². The van der Waals surface area contributed by atoms with Gasteiger partial charge in [0, 0.05) is 6.04 Å². The van der Waals surface area contributed by atoms with Gasteiger partial charge < -0.3 is 25.7 Å². The molecule has 5 atom stereocenters. The van der Waals surface area contributed by atoms with Crippen LogP contribution in [-0.4, -0.2) is 56.9 Å². The van der Waals surface area contributed by atoms with E-state index in [0.717, 1.165) is 0 Å². The van der Waals surface area contributed by atoms with Gasteiger partial charge in [0.25, 0.3) is 0 Å². The molecular formula is C8H15NO4. The second-order valence-electron chi connectivity index (χ2n) is 4.09. The molecule has 0 aliphatic carbocycles. The zero-order chi connectivity index (χ0) is 9.64. The maximum Gasteiger partial charge on any atom is 0.102 e. The number of hydrogen-bond acceptors (Lipinski definition) is 5. The van der Waals surface area contributed by atoms with E-state index in [9.17, 15) is 15.3 Å². The molecular weight excluding hydrogens is 174 g/mol. The third-order valence-electron chi connectivity index (χ3n) is 3.18. The molecule has 76 valence electrons. The molecule has 0 saturated carbocycles. The zero-order valence-electron chi connectivity index (χ0n) is 7.22. The molecule has 5 N–H and O–H groups in total. The van der Waals surface area contributed by atoms with Crippen LogP contribution in [0.4, 0.5) is 0 Å². The summed E-state index contributed by atoms with van der Waals surface area (Å²) in [5.74, 6) is 0. The summed E-state index contributed by atoms with van der Waals surface area (Å²) in [6, 6.07) is -0.300. The molecule has 2 aliphatic heterocycles. The monoisotopic (exact) mass is 189 g/mol. The summed E-state index contributed by atoms with van der Waals surface area (Å²) in [6.45, 7) is -0.265. The summed E-state index contributed by atoms with van der Waals surface area (Å²) in [7, 11) is 0. The molecule has 2 fully saturated rings. The van der Waals surface area contributed by atoms with Gasteiger partial charge in [0.05, 0.1) is 24.4 Å². The highest BCUT2D eigenvalue weighted by Gasteiger charge is 2.56. The van der Waals surface area contributed by atoms with E-state index in [1.807, 2.05) is 0 Å². The molecule has 5 heteroatoms. The van der Waals surface area contributed by atoms with Crippen molar-refractivity contribution in [2.24, 2.45) is 0 Å². The Balaban J connectivity index is 2.26. The Labute approximate surface area is 76.0 Å². The molecule has 13 heavy (non-hydrogen) atoms. The van der Waals surface area contributed by atoms with Crippen molar-refractivity contribution in [1.29, 1.82) is 0 Å². The van der Waals surface area contributed by atoms with Gasteiger partial charge in [-0.1, -0.05) is 0 Å². The Hall–Kier alpha value is -0.200. The van der Waals surface area contributed by atoms with Gasteiger partial charge in [-0.05, 0) is 12.8 Å². The highest BCUT2D eigenvalue weighted by atomic mass is 16.3. The second kappa shape index (κ2) is 2.90. The lowest BCUT2D eigenvalue weighted by Gasteiger charge is -2.36. The van der Waals surface area contributed by atoms with E-state index in [-0.39, 0.29) is 19.1 Å². The molecule has 2 bridgehead atoms. The lowest BCUT2D eigenvalue weighted by atomic mass is 9.88. The molecule has 0 amide bonds. The third kappa shape index (κ3) is 1.19. The predicted octanol–water partition coefficient (Wildman–Crippen LogP) is -2.43. The summed E-state index contributed by atoms with van der Waals surface area (Å²) < 4.78 is 0. The SMILES string of the molecule is OC[C@]12C[C@H](O)C[C@H](N1)[C@@H](O)[C@H]2O. The number of piperidine rings is 1. The lowest BCUT2D eigenvalue weighted by Crippen LogP contribution is -2.57. The molecule has 0 spiro atoms. The fourth-order valence-corrected chi connectivity index (χ4v) is 2.47. The van der Waals surface area contributed by atoms with Crippen molar-refractivity contribution in [2.45, 2.75) is 42.7 Å². The highest BCUT2D eigenvalue weighted by molar-refractivity contribution is 5.13. The maximum absolute atomic E-state index is 9.65. The van der Waals surface area contributed by atoms with Crippen molar-refractivity contribution >= 4 is 0 Å². The summed E-state index contributed by atoms with van der Waals surface area (Å²) >= 11 is 0. The van der Waals surface area contributed by atoms with Crippen molar-refractivity contribution in [3.63, 3.8) is 0 Å². The highest BCUT2D eigenvalue weighted by Crippen LogP contribution is 2.35. The first kappa shape index (κ1) is 9.36. The number of hydrogen-bond donors (Lipinski definition) is 5. The summed E-state index contributed by atoms with van der Waals surface area (Å²) in [5, 5.41) is 40.8. The van der Waals surface area contributed by atoms with Crippen LogP contribution < -0.4 is 5.32 Å². The van der Waals surface area contributed by atoms with Crippen molar-refractivity contribution in [3.8, 4) is 0 Å². The predicted molar refractivity (Wildman–Crippen MR) is 44.0 cm³/mol. The first-order chi connectivity index (χ1) is 6.09. The van der Waals surface area contributed by atoms with Crippen molar-refractivity contribution in [3.05, 3.63) is 0 Å². The number of nitrogens with one attached hydrogen (secondary N) is 1. The quantitative estimate of drug-likeness (QED) is 0.316. The van der Waals surface area contributed by atoms with Gasteiger partial charge in [0.2, 0.25) is 0 Å². The minimum absolute atomic E-state index is 0.265. The summed E-state index contributed by atoms with van der Waals surface area (Å²) in [5.41, 5.74) is -0.901. The minimum atomic E-state index is -0.986. The van der Waals surface area contributed by atoms with Gasteiger partial charge >= 0.3 is 0 Å². The number of aliphatic hydroxyl groups excluding tert-OH is 4. The Bertz CT molecular complexity index is 208. The van der Waals surface area contributed by atoms with E-state index in [1.165, 1.54) is 0 Å². The third-order valence-corrected chi connectivity index (χ3v) is 3.18. The van der Waals surface area contributed by atoms with Gasteiger partial charge in [-0.25, -0.2) is 0 Å².